The Morgan fingerprint density at radius 3 is 3.00 bits per heavy atom. The Hall–Kier alpha value is -1.09. The molecule has 1 saturated carbocycles. The number of ether oxygens (including phenoxy) is 1. The minimum Gasteiger partial charge on any atom is -0.495 e. The van der Waals surface area contributed by atoms with Crippen LogP contribution in [0.15, 0.2) is 18.5 Å². The maximum atomic E-state index is 10.1. The van der Waals surface area contributed by atoms with Gasteiger partial charge in [-0.05, 0) is 18.4 Å². The van der Waals surface area contributed by atoms with Crippen molar-refractivity contribution in [3.63, 3.8) is 0 Å². The van der Waals surface area contributed by atoms with Crippen LogP contribution in [0, 0.1) is 5.92 Å². The molecule has 1 aliphatic carbocycles. The second-order valence-electron chi connectivity index (χ2n) is 4.17. The van der Waals surface area contributed by atoms with E-state index >= 15 is 0 Å². The summed E-state index contributed by atoms with van der Waals surface area (Å²) in [6.45, 7) is 0. The molecule has 0 amide bonds. The smallest absolute Gasteiger partial charge is 0.142 e. The number of aliphatic hydroxyl groups is 1. The van der Waals surface area contributed by atoms with Gasteiger partial charge in [-0.1, -0.05) is 19.3 Å². The fourth-order valence-electron chi connectivity index (χ4n) is 2.01. The summed E-state index contributed by atoms with van der Waals surface area (Å²) in [5.41, 5.74) is 0.861. The summed E-state index contributed by atoms with van der Waals surface area (Å²) >= 11 is 0. The average Bonchev–Trinajstić information content (AvgIpc) is 2.23. The molecule has 1 aromatic heterocycles. The van der Waals surface area contributed by atoms with Crippen LogP contribution in [0.3, 0.4) is 0 Å². The van der Waals surface area contributed by atoms with Crippen LogP contribution in [0.4, 0.5) is 0 Å². The molecule has 15 heavy (non-hydrogen) atoms. The van der Waals surface area contributed by atoms with Gasteiger partial charge >= 0.3 is 0 Å². The molecule has 1 atom stereocenters. The van der Waals surface area contributed by atoms with Gasteiger partial charge in [0.2, 0.25) is 0 Å². The van der Waals surface area contributed by atoms with Gasteiger partial charge in [0, 0.05) is 11.8 Å². The van der Waals surface area contributed by atoms with E-state index in [1.54, 1.807) is 19.5 Å². The largest absolute Gasteiger partial charge is 0.495 e. The molecule has 0 aromatic carbocycles. The highest BCUT2D eigenvalue weighted by Gasteiger charge is 2.23. The number of aromatic nitrogens is 1. The molecule has 0 saturated heterocycles. The molecule has 1 N–H and O–H groups in total. The van der Waals surface area contributed by atoms with Gasteiger partial charge in [-0.3, -0.25) is 4.98 Å². The molecule has 0 radical (unpaired) electrons. The second-order valence-corrected chi connectivity index (χ2v) is 4.17. The number of aliphatic hydroxyl groups excluding tert-OH is 1. The molecule has 82 valence electrons. The third-order valence-electron chi connectivity index (χ3n) is 3.18. The van der Waals surface area contributed by atoms with Gasteiger partial charge in [-0.2, -0.15) is 0 Å². The highest BCUT2D eigenvalue weighted by Crippen LogP contribution is 2.36. The van der Waals surface area contributed by atoms with Crippen molar-refractivity contribution in [2.24, 2.45) is 5.92 Å². The number of rotatable bonds is 4. The maximum Gasteiger partial charge on any atom is 0.142 e. The number of methoxy groups -OCH3 is 1. The molecule has 0 bridgehead atoms. The number of hydrogen-bond acceptors (Lipinski definition) is 3. The molecule has 1 aromatic rings. The van der Waals surface area contributed by atoms with Crippen LogP contribution in [0.25, 0.3) is 0 Å². The Morgan fingerprint density at radius 1 is 1.60 bits per heavy atom. The van der Waals surface area contributed by atoms with Gasteiger partial charge in [0.1, 0.15) is 5.75 Å². The Bertz CT molecular complexity index is 323. The number of nitrogens with zero attached hydrogens (tertiary/aromatic N) is 1. The van der Waals surface area contributed by atoms with E-state index in [9.17, 15) is 5.11 Å². The predicted octanol–water partition coefficient (Wildman–Crippen LogP) is 2.31. The quantitative estimate of drug-likeness (QED) is 0.823. The van der Waals surface area contributed by atoms with Crippen LogP contribution in [0.2, 0.25) is 0 Å². The highest BCUT2D eigenvalue weighted by molar-refractivity contribution is 5.31. The van der Waals surface area contributed by atoms with Gasteiger partial charge in [-0.25, -0.2) is 0 Å². The lowest BCUT2D eigenvalue weighted by atomic mass is 9.80. The maximum absolute atomic E-state index is 10.1. The van der Waals surface area contributed by atoms with Crippen molar-refractivity contribution in [3.05, 3.63) is 24.0 Å². The molecule has 0 aliphatic heterocycles. The Kier molecular flexibility index (Phi) is 3.21. The fourth-order valence-corrected chi connectivity index (χ4v) is 2.01. The summed E-state index contributed by atoms with van der Waals surface area (Å²) in [7, 11) is 1.61. The monoisotopic (exact) mass is 207 g/mol. The summed E-state index contributed by atoms with van der Waals surface area (Å²) in [5, 5.41) is 10.1. The van der Waals surface area contributed by atoms with Crippen molar-refractivity contribution in [2.75, 3.05) is 7.11 Å². The standard InChI is InChI=1S/C12H17NO2/c1-15-12-8-13-6-5-10(12)11(14)7-9-3-2-4-9/h5-6,8-9,11,14H,2-4,7H2,1H3. The Balaban J connectivity index is 2.05. The average molecular weight is 207 g/mol. The van der Waals surface area contributed by atoms with Crippen LogP contribution in [0.5, 0.6) is 5.75 Å². The molecule has 1 aliphatic rings. The molecule has 1 fully saturated rings. The predicted molar refractivity (Wildman–Crippen MR) is 57.7 cm³/mol. The first kappa shape index (κ1) is 10.4. The summed E-state index contributed by atoms with van der Waals surface area (Å²) < 4.78 is 5.18. The first-order valence-electron chi connectivity index (χ1n) is 5.47. The van der Waals surface area contributed by atoms with Gasteiger partial charge in [0.25, 0.3) is 0 Å². The minimum atomic E-state index is -0.409. The summed E-state index contributed by atoms with van der Waals surface area (Å²) in [6.07, 6.45) is 7.61. The van der Waals surface area contributed by atoms with Crippen molar-refractivity contribution in [1.82, 2.24) is 4.98 Å². The lowest BCUT2D eigenvalue weighted by Gasteiger charge is -2.28. The zero-order valence-corrected chi connectivity index (χ0v) is 9.02. The minimum absolute atomic E-state index is 0.409. The SMILES string of the molecule is COc1cnccc1C(O)CC1CCC1. The zero-order valence-electron chi connectivity index (χ0n) is 9.02. The molecular formula is C12H17NO2. The lowest BCUT2D eigenvalue weighted by molar-refractivity contribution is 0.116. The molecule has 1 heterocycles. The summed E-state index contributed by atoms with van der Waals surface area (Å²) in [4.78, 5) is 3.98. The van der Waals surface area contributed by atoms with E-state index in [1.165, 1.54) is 19.3 Å². The highest BCUT2D eigenvalue weighted by atomic mass is 16.5. The van der Waals surface area contributed by atoms with Gasteiger partial charge in [0.05, 0.1) is 19.4 Å². The van der Waals surface area contributed by atoms with Crippen LogP contribution in [0.1, 0.15) is 37.4 Å². The second kappa shape index (κ2) is 4.62. The van der Waals surface area contributed by atoms with Gasteiger partial charge < -0.3 is 9.84 Å². The number of pyridine rings is 1. The normalized spacial score (nSPS) is 18.3. The van der Waals surface area contributed by atoms with Crippen molar-refractivity contribution in [1.29, 1.82) is 0 Å². The lowest BCUT2D eigenvalue weighted by Crippen LogP contribution is -2.15. The van der Waals surface area contributed by atoms with E-state index in [4.69, 9.17) is 4.74 Å². The molecule has 3 nitrogen and oxygen atoms in total. The van der Waals surface area contributed by atoms with Gasteiger partial charge in [-0.15, -0.1) is 0 Å². The van der Waals surface area contributed by atoms with E-state index < -0.39 is 6.10 Å². The van der Waals surface area contributed by atoms with Crippen LogP contribution in [-0.4, -0.2) is 17.2 Å². The van der Waals surface area contributed by atoms with E-state index in [1.807, 2.05) is 6.07 Å². The fraction of sp³-hybridized carbons (Fsp3) is 0.583. The molecule has 1 unspecified atom stereocenters. The first-order chi connectivity index (χ1) is 7.31. The van der Waals surface area contributed by atoms with Crippen molar-refractivity contribution >= 4 is 0 Å². The first-order valence-corrected chi connectivity index (χ1v) is 5.47. The number of hydrogen-bond donors (Lipinski definition) is 1. The summed E-state index contributed by atoms with van der Waals surface area (Å²) in [6, 6.07) is 1.84. The van der Waals surface area contributed by atoms with Gasteiger partial charge in [0.15, 0.2) is 0 Å². The molecule has 2 rings (SSSR count). The Morgan fingerprint density at radius 2 is 2.40 bits per heavy atom. The third-order valence-corrected chi connectivity index (χ3v) is 3.18. The third kappa shape index (κ3) is 2.29. The zero-order chi connectivity index (χ0) is 10.7. The van der Waals surface area contributed by atoms with Crippen molar-refractivity contribution < 1.29 is 9.84 Å². The topological polar surface area (TPSA) is 42.4 Å². The van der Waals surface area contributed by atoms with Crippen molar-refractivity contribution in [2.45, 2.75) is 31.8 Å². The van der Waals surface area contributed by atoms with Crippen LogP contribution in [-0.2, 0) is 0 Å². The summed E-state index contributed by atoms with van der Waals surface area (Å²) in [5.74, 6) is 1.38. The van der Waals surface area contributed by atoms with Crippen LogP contribution >= 0.6 is 0 Å². The van der Waals surface area contributed by atoms with E-state index in [-0.39, 0.29) is 0 Å². The van der Waals surface area contributed by atoms with Crippen molar-refractivity contribution in [3.8, 4) is 5.75 Å². The molecule has 3 heteroatoms. The Labute approximate surface area is 90.1 Å². The van der Waals surface area contributed by atoms with E-state index in [2.05, 4.69) is 4.98 Å². The van der Waals surface area contributed by atoms with Crippen LogP contribution < -0.4 is 4.74 Å². The van der Waals surface area contributed by atoms with E-state index in [0.29, 0.717) is 11.7 Å². The molecular weight excluding hydrogens is 190 g/mol. The van der Waals surface area contributed by atoms with E-state index in [0.717, 1.165) is 12.0 Å². The molecule has 0 spiro atoms.